The van der Waals surface area contributed by atoms with E-state index in [1.54, 1.807) is 0 Å². The van der Waals surface area contributed by atoms with E-state index in [1.165, 1.54) is 52.8 Å². The molecule has 10 aromatic carbocycles. The standard InChI is InChI=1S/C56H35NOS/c1-2-12-37(13-3-1)50-34-42(28-30-46(50)48-21-11-22-49-51-32-39-15-4-5-16-40(39)33-53(51)58-56(48)49)57(43-29-31-55-52(35-43)47-19-8-9-23-54(47)59-55)41-26-24-38(25-27-41)45-20-10-17-36-14-6-7-18-44(36)45/h1-35H. The average Bonchev–Trinajstić information content (AvgIpc) is 3.86. The summed E-state index contributed by atoms with van der Waals surface area (Å²) in [6.07, 6.45) is 0. The normalized spacial score (nSPS) is 11.7. The van der Waals surface area contributed by atoms with Gasteiger partial charge in [-0.25, -0.2) is 0 Å². The van der Waals surface area contributed by atoms with Crippen molar-refractivity contribution in [2.75, 3.05) is 4.90 Å². The third-order valence-corrected chi connectivity index (χ3v) is 13.0. The smallest absolute Gasteiger partial charge is 0.143 e. The maximum absolute atomic E-state index is 6.79. The molecule has 0 fully saturated rings. The summed E-state index contributed by atoms with van der Waals surface area (Å²) in [6, 6.07) is 77.0. The molecule has 2 heterocycles. The lowest BCUT2D eigenvalue weighted by atomic mass is 9.92. The second kappa shape index (κ2) is 13.6. The van der Waals surface area contributed by atoms with E-state index in [4.69, 9.17) is 4.42 Å². The van der Waals surface area contributed by atoms with E-state index < -0.39 is 0 Å². The van der Waals surface area contributed by atoms with Crippen LogP contribution in [0.1, 0.15) is 0 Å². The molecule has 0 aliphatic rings. The predicted molar refractivity (Wildman–Crippen MR) is 253 cm³/mol. The lowest BCUT2D eigenvalue weighted by Gasteiger charge is -2.27. The van der Waals surface area contributed by atoms with E-state index in [0.29, 0.717) is 0 Å². The first kappa shape index (κ1) is 33.7. The van der Waals surface area contributed by atoms with Crippen LogP contribution in [0.25, 0.3) is 97.0 Å². The van der Waals surface area contributed by atoms with Crippen LogP contribution in [0.4, 0.5) is 17.1 Å². The molecule has 276 valence electrons. The van der Waals surface area contributed by atoms with Crippen molar-refractivity contribution in [2.45, 2.75) is 0 Å². The van der Waals surface area contributed by atoms with Gasteiger partial charge in [0.1, 0.15) is 11.2 Å². The molecular weight excluding hydrogens is 735 g/mol. The zero-order chi connectivity index (χ0) is 38.9. The Bertz CT molecular complexity index is 3550. The predicted octanol–water partition coefficient (Wildman–Crippen LogP) is 16.7. The van der Waals surface area contributed by atoms with Gasteiger partial charge in [-0.2, -0.15) is 0 Å². The molecule has 59 heavy (non-hydrogen) atoms. The number of hydrogen-bond donors (Lipinski definition) is 0. The fraction of sp³-hybridized carbons (Fsp3) is 0. The Hall–Kier alpha value is -7.46. The number of furan rings is 1. The molecule has 0 N–H and O–H groups in total. The molecule has 0 amide bonds. The van der Waals surface area contributed by atoms with Crippen LogP contribution >= 0.6 is 11.3 Å². The van der Waals surface area contributed by atoms with Crippen LogP contribution in [-0.2, 0) is 0 Å². The maximum atomic E-state index is 6.79. The molecule has 12 rings (SSSR count). The summed E-state index contributed by atoms with van der Waals surface area (Å²) in [5, 5.41) is 9.69. The third kappa shape index (κ3) is 5.62. The van der Waals surface area contributed by atoms with Crippen molar-refractivity contribution < 1.29 is 4.42 Å². The van der Waals surface area contributed by atoms with E-state index in [9.17, 15) is 0 Å². The topological polar surface area (TPSA) is 16.4 Å². The van der Waals surface area contributed by atoms with Gasteiger partial charge < -0.3 is 9.32 Å². The van der Waals surface area contributed by atoms with Crippen LogP contribution in [0.5, 0.6) is 0 Å². The molecule has 0 radical (unpaired) electrons. The van der Waals surface area contributed by atoms with Crippen molar-refractivity contribution in [1.82, 2.24) is 0 Å². The second-order valence-electron chi connectivity index (χ2n) is 15.3. The Morgan fingerprint density at radius 1 is 0.322 bits per heavy atom. The van der Waals surface area contributed by atoms with Gasteiger partial charge in [0.15, 0.2) is 0 Å². The molecule has 0 spiro atoms. The molecule has 2 aromatic heterocycles. The minimum atomic E-state index is 0.901. The summed E-state index contributed by atoms with van der Waals surface area (Å²) in [4.78, 5) is 2.41. The molecule has 3 heteroatoms. The van der Waals surface area contributed by atoms with Crippen LogP contribution in [-0.4, -0.2) is 0 Å². The number of benzene rings is 10. The number of nitrogens with zero attached hydrogens (tertiary/aromatic N) is 1. The van der Waals surface area contributed by atoms with E-state index >= 15 is 0 Å². The van der Waals surface area contributed by atoms with Crippen LogP contribution in [0.2, 0.25) is 0 Å². The minimum Gasteiger partial charge on any atom is -0.455 e. The van der Waals surface area contributed by atoms with Gasteiger partial charge in [-0.1, -0.05) is 152 Å². The van der Waals surface area contributed by atoms with Gasteiger partial charge in [0.25, 0.3) is 0 Å². The van der Waals surface area contributed by atoms with Crippen molar-refractivity contribution in [3.8, 4) is 33.4 Å². The summed E-state index contributed by atoms with van der Waals surface area (Å²) in [5.41, 5.74) is 12.0. The highest BCUT2D eigenvalue weighted by atomic mass is 32.1. The van der Waals surface area contributed by atoms with Crippen LogP contribution in [0.3, 0.4) is 0 Å². The average molecular weight is 770 g/mol. The highest BCUT2D eigenvalue weighted by molar-refractivity contribution is 7.25. The number of rotatable bonds is 6. The maximum Gasteiger partial charge on any atom is 0.143 e. The number of fused-ring (bicyclic) bond motifs is 8. The van der Waals surface area contributed by atoms with Crippen LogP contribution in [0.15, 0.2) is 217 Å². The minimum absolute atomic E-state index is 0.901. The van der Waals surface area contributed by atoms with Crippen molar-refractivity contribution >= 4 is 92.1 Å². The lowest BCUT2D eigenvalue weighted by Crippen LogP contribution is -2.10. The summed E-state index contributed by atoms with van der Waals surface area (Å²) in [6.45, 7) is 0. The molecule has 0 atom stereocenters. The summed E-state index contributed by atoms with van der Waals surface area (Å²) in [7, 11) is 0. The van der Waals surface area contributed by atoms with E-state index in [0.717, 1.165) is 61.3 Å². The Morgan fingerprint density at radius 3 is 1.80 bits per heavy atom. The largest absolute Gasteiger partial charge is 0.455 e. The van der Waals surface area contributed by atoms with E-state index in [1.807, 2.05) is 11.3 Å². The van der Waals surface area contributed by atoms with Gasteiger partial charge in [-0.15, -0.1) is 11.3 Å². The highest BCUT2D eigenvalue weighted by Crippen LogP contribution is 2.46. The monoisotopic (exact) mass is 769 g/mol. The van der Waals surface area contributed by atoms with E-state index in [-0.39, 0.29) is 0 Å². The fourth-order valence-corrected chi connectivity index (χ4v) is 10.1. The van der Waals surface area contributed by atoms with Gasteiger partial charge in [-0.05, 0) is 110 Å². The molecule has 0 aliphatic carbocycles. The van der Waals surface area contributed by atoms with Crippen molar-refractivity contribution in [3.05, 3.63) is 212 Å². The molecule has 0 bridgehead atoms. The molecule has 2 nitrogen and oxygen atoms in total. The first-order chi connectivity index (χ1) is 29.2. The number of para-hydroxylation sites is 1. The number of anilines is 3. The van der Waals surface area contributed by atoms with E-state index in [2.05, 4.69) is 217 Å². The first-order valence-electron chi connectivity index (χ1n) is 20.1. The first-order valence-corrected chi connectivity index (χ1v) is 20.9. The fourth-order valence-electron chi connectivity index (χ4n) is 9.03. The quantitative estimate of drug-likeness (QED) is 0.167. The van der Waals surface area contributed by atoms with Crippen molar-refractivity contribution in [3.63, 3.8) is 0 Å². The van der Waals surface area contributed by atoms with Crippen molar-refractivity contribution in [2.24, 2.45) is 0 Å². The van der Waals surface area contributed by atoms with Crippen LogP contribution in [0, 0.1) is 0 Å². The Kier molecular flexibility index (Phi) is 7.75. The van der Waals surface area contributed by atoms with Gasteiger partial charge in [0, 0.05) is 53.6 Å². The second-order valence-corrected chi connectivity index (χ2v) is 16.3. The Morgan fingerprint density at radius 2 is 0.932 bits per heavy atom. The third-order valence-electron chi connectivity index (χ3n) is 11.8. The molecule has 12 aromatic rings. The molecular formula is C56H35NOS. The summed E-state index contributed by atoms with van der Waals surface area (Å²) in [5.74, 6) is 0. The summed E-state index contributed by atoms with van der Waals surface area (Å²) < 4.78 is 9.37. The van der Waals surface area contributed by atoms with Gasteiger partial charge in [0.05, 0.1) is 0 Å². The number of thiophene rings is 1. The lowest BCUT2D eigenvalue weighted by molar-refractivity contribution is 0.670. The Labute approximate surface area is 345 Å². The molecule has 0 unspecified atom stereocenters. The zero-order valence-electron chi connectivity index (χ0n) is 32.0. The van der Waals surface area contributed by atoms with Gasteiger partial charge in [0.2, 0.25) is 0 Å². The molecule has 0 aliphatic heterocycles. The summed E-state index contributed by atoms with van der Waals surface area (Å²) >= 11 is 1.85. The van der Waals surface area contributed by atoms with Crippen LogP contribution < -0.4 is 4.90 Å². The Balaban J connectivity index is 1.06. The molecule has 0 saturated heterocycles. The van der Waals surface area contributed by atoms with Gasteiger partial charge >= 0.3 is 0 Å². The highest BCUT2D eigenvalue weighted by Gasteiger charge is 2.21. The van der Waals surface area contributed by atoms with Gasteiger partial charge in [-0.3, -0.25) is 0 Å². The number of hydrogen-bond acceptors (Lipinski definition) is 3. The SMILES string of the molecule is c1ccc(-c2cc(N(c3ccc(-c4cccc5ccccc45)cc3)c3ccc4sc5ccccc5c4c3)ccc2-c2cccc3c2oc2cc4ccccc4cc23)cc1. The zero-order valence-corrected chi connectivity index (χ0v) is 32.8. The van der Waals surface area contributed by atoms with Crippen molar-refractivity contribution in [1.29, 1.82) is 0 Å². The molecule has 0 saturated carbocycles.